The molecular weight excluding hydrogens is 282 g/mol. The van der Waals surface area contributed by atoms with E-state index in [0.29, 0.717) is 13.2 Å². The number of methoxy groups -OCH3 is 1. The first-order valence-corrected chi connectivity index (χ1v) is 7.00. The van der Waals surface area contributed by atoms with Crippen molar-refractivity contribution in [2.75, 3.05) is 13.7 Å². The van der Waals surface area contributed by atoms with E-state index in [1.54, 1.807) is 31.6 Å². The molecule has 0 unspecified atom stereocenters. The van der Waals surface area contributed by atoms with Gasteiger partial charge in [-0.2, -0.15) is 5.10 Å². The van der Waals surface area contributed by atoms with Crippen LogP contribution in [0.25, 0.3) is 22.4 Å². The molecule has 0 radical (unpaired) electrons. The second kappa shape index (κ2) is 6.49. The molecule has 0 saturated heterocycles. The zero-order valence-electron chi connectivity index (χ0n) is 12.2. The van der Waals surface area contributed by atoms with Crippen LogP contribution in [-0.2, 0) is 11.3 Å². The Morgan fingerprint density at radius 3 is 2.45 bits per heavy atom. The lowest BCUT2D eigenvalue weighted by atomic mass is 10.0. The van der Waals surface area contributed by atoms with E-state index < -0.39 is 0 Å². The standard InChI is InChI=1S/C17H16FN3O/c1-22-11-10-21-12-16(13-6-8-19-9-7-13)17(20-21)14-2-4-15(18)5-3-14/h2-9,12H,10-11H2,1H3/i1+1. The summed E-state index contributed by atoms with van der Waals surface area (Å²) >= 11 is 0. The first-order chi connectivity index (χ1) is 10.8. The molecule has 0 amide bonds. The molecule has 0 atom stereocenters. The Balaban J connectivity index is 2.06. The van der Waals surface area contributed by atoms with E-state index in [2.05, 4.69) is 10.1 Å². The lowest BCUT2D eigenvalue weighted by Crippen LogP contribution is -2.04. The molecule has 3 aromatic rings. The van der Waals surface area contributed by atoms with Crippen LogP contribution in [-0.4, -0.2) is 28.5 Å². The van der Waals surface area contributed by atoms with Crippen LogP contribution in [0.1, 0.15) is 0 Å². The van der Waals surface area contributed by atoms with Gasteiger partial charge in [0, 0.05) is 36.8 Å². The summed E-state index contributed by atoms with van der Waals surface area (Å²) in [5.41, 5.74) is 3.72. The second-order valence-electron chi connectivity index (χ2n) is 4.89. The quantitative estimate of drug-likeness (QED) is 0.678. The summed E-state index contributed by atoms with van der Waals surface area (Å²) in [4.78, 5) is 4.04. The van der Waals surface area contributed by atoms with Gasteiger partial charge in [0.25, 0.3) is 0 Å². The third kappa shape index (κ3) is 3.04. The van der Waals surface area contributed by atoms with Crippen LogP contribution in [0.3, 0.4) is 0 Å². The highest BCUT2D eigenvalue weighted by molar-refractivity contribution is 5.80. The highest BCUT2D eigenvalue weighted by Crippen LogP contribution is 2.30. The van der Waals surface area contributed by atoms with Crippen molar-refractivity contribution in [3.63, 3.8) is 0 Å². The van der Waals surface area contributed by atoms with Crippen LogP contribution < -0.4 is 0 Å². The van der Waals surface area contributed by atoms with Crippen LogP contribution in [0.15, 0.2) is 55.0 Å². The van der Waals surface area contributed by atoms with E-state index in [9.17, 15) is 4.39 Å². The van der Waals surface area contributed by atoms with E-state index >= 15 is 0 Å². The molecule has 2 aromatic heterocycles. The zero-order chi connectivity index (χ0) is 15.4. The van der Waals surface area contributed by atoms with E-state index in [0.717, 1.165) is 22.4 Å². The fraction of sp³-hybridized carbons (Fsp3) is 0.176. The summed E-state index contributed by atoms with van der Waals surface area (Å²) < 4.78 is 20.1. The number of hydrogen-bond donors (Lipinski definition) is 0. The summed E-state index contributed by atoms with van der Waals surface area (Å²) in [6.07, 6.45) is 5.47. The van der Waals surface area contributed by atoms with Crippen LogP contribution >= 0.6 is 0 Å². The number of pyridine rings is 1. The maximum Gasteiger partial charge on any atom is 0.123 e. The Morgan fingerprint density at radius 2 is 1.77 bits per heavy atom. The van der Waals surface area contributed by atoms with Gasteiger partial charge in [0.05, 0.1) is 13.2 Å². The predicted octanol–water partition coefficient (Wildman–Crippen LogP) is 3.40. The highest BCUT2D eigenvalue weighted by atomic mass is 19.1. The van der Waals surface area contributed by atoms with Crippen molar-refractivity contribution >= 4 is 0 Å². The maximum absolute atomic E-state index is 13.1. The van der Waals surface area contributed by atoms with Gasteiger partial charge in [-0.25, -0.2) is 4.39 Å². The lowest BCUT2D eigenvalue weighted by molar-refractivity contribution is 0.183. The number of nitrogens with zero attached hydrogens (tertiary/aromatic N) is 3. The molecule has 0 aliphatic carbocycles. The molecule has 3 rings (SSSR count). The van der Waals surface area contributed by atoms with E-state index in [4.69, 9.17) is 4.74 Å². The van der Waals surface area contributed by atoms with Gasteiger partial charge in [0.15, 0.2) is 0 Å². The molecular formula is C17H16FN3O. The van der Waals surface area contributed by atoms with E-state index in [-0.39, 0.29) is 5.82 Å². The van der Waals surface area contributed by atoms with Crippen molar-refractivity contribution < 1.29 is 9.13 Å². The Kier molecular flexibility index (Phi) is 4.25. The van der Waals surface area contributed by atoms with Gasteiger partial charge in [-0.05, 0) is 42.0 Å². The third-order valence-electron chi connectivity index (χ3n) is 3.40. The topological polar surface area (TPSA) is 39.9 Å². The molecule has 0 fully saturated rings. The second-order valence-corrected chi connectivity index (χ2v) is 4.89. The van der Waals surface area contributed by atoms with Crippen molar-refractivity contribution in [1.82, 2.24) is 14.8 Å². The number of halogens is 1. The average molecular weight is 298 g/mol. The molecule has 0 spiro atoms. The fourth-order valence-corrected chi connectivity index (χ4v) is 2.28. The number of rotatable bonds is 5. The monoisotopic (exact) mass is 298 g/mol. The predicted molar refractivity (Wildman–Crippen MR) is 82.7 cm³/mol. The van der Waals surface area contributed by atoms with Gasteiger partial charge >= 0.3 is 0 Å². The zero-order valence-corrected chi connectivity index (χ0v) is 12.2. The molecule has 0 saturated carbocycles. The van der Waals surface area contributed by atoms with Crippen LogP contribution in [0.5, 0.6) is 0 Å². The van der Waals surface area contributed by atoms with Gasteiger partial charge in [0.1, 0.15) is 11.5 Å². The fourth-order valence-electron chi connectivity index (χ4n) is 2.28. The number of aromatic nitrogens is 3. The van der Waals surface area contributed by atoms with Gasteiger partial charge < -0.3 is 4.74 Å². The van der Waals surface area contributed by atoms with Gasteiger partial charge in [0.2, 0.25) is 0 Å². The molecule has 0 aliphatic heterocycles. The molecule has 22 heavy (non-hydrogen) atoms. The largest absolute Gasteiger partial charge is 0.383 e. The molecule has 1 aromatic carbocycles. The first-order valence-electron chi connectivity index (χ1n) is 7.00. The average Bonchev–Trinajstić information content (AvgIpc) is 2.98. The molecule has 0 bridgehead atoms. The number of hydrogen-bond acceptors (Lipinski definition) is 3. The van der Waals surface area contributed by atoms with E-state index in [1.807, 2.05) is 23.0 Å². The summed E-state index contributed by atoms with van der Waals surface area (Å²) in [6.45, 7) is 1.25. The van der Waals surface area contributed by atoms with Crippen LogP contribution in [0.2, 0.25) is 0 Å². The first kappa shape index (κ1) is 14.4. The molecule has 0 aliphatic rings. The minimum atomic E-state index is -0.256. The molecule has 0 N–H and O–H groups in total. The molecule has 2 heterocycles. The van der Waals surface area contributed by atoms with Crippen molar-refractivity contribution in [2.24, 2.45) is 0 Å². The van der Waals surface area contributed by atoms with Crippen LogP contribution in [0, 0.1) is 5.82 Å². The highest BCUT2D eigenvalue weighted by Gasteiger charge is 2.13. The Labute approximate surface area is 128 Å². The van der Waals surface area contributed by atoms with Crippen LogP contribution in [0.4, 0.5) is 4.39 Å². The van der Waals surface area contributed by atoms with Gasteiger partial charge in [-0.15, -0.1) is 0 Å². The normalized spacial score (nSPS) is 10.8. The molecule has 112 valence electrons. The van der Waals surface area contributed by atoms with Gasteiger partial charge in [-0.3, -0.25) is 9.67 Å². The Bertz CT molecular complexity index is 738. The SMILES string of the molecule is [13CH3]OCCn1cc(-c2ccncc2)c(-c2ccc(F)cc2)n1. The smallest absolute Gasteiger partial charge is 0.123 e. The maximum atomic E-state index is 13.1. The Hall–Kier alpha value is -2.53. The summed E-state index contributed by atoms with van der Waals surface area (Å²) in [7, 11) is 1.66. The van der Waals surface area contributed by atoms with Crippen molar-refractivity contribution in [3.8, 4) is 22.4 Å². The number of ether oxygens (including phenoxy) is 1. The molecule has 4 nitrogen and oxygen atoms in total. The van der Waals surface area contributed by atoms with E-state index in [1.165, 1.54) is 12.1 Å². The number of benzene rings is 1. The Morgan fingerprint density at radius 1 is 1.05 bits per heavy atom. The minimum Gasteiger partial charge on any atom is -0.383 e. The minimum absolute atomic E-state index is 0.256. The third-order valence-corrected chi connectivity index (χ3v) is 3.40. The summed E-state index contributed by atoms with van der Waals surface area (Å²) in [5, 5.41) is 4.62. The van der Waals surface area contributed by atoms with Crippen molar-refractivity contribution in [3.05, 3.63) is 60.8 Å². The lowest BCUT2D eigenvalue weighted by Gasteiger charge is -2.02. The van der Waals surface area contributed by atoms with Crippen molar-refractivity contribution in [1.29, 1.82) is 0 Å². The van der Waals surface area contributed by atoms with Gasteiger partial charge in [-0.1, -0.05) is 0 Å². The van der Waals surface area contributed by atoms with Crippen molar-refractivity contribution in [2.45, 2.75) is 6.54 Å². The summed E-state index contributed by atoms with van der Waals surface area (Å²) in [5.74, 6) is -0.256. The summed E-state index contributed by atoms with van der Waals surface area (Å²) in [6, 6.07) is 10.2. The molecule has 5 heteroatoms.